The van der Waals surface area contributed by atoms with Gasteiger partial charge in [0.1, 0.15) is 0 Å². The van der Waals surface area contributed by atoms with Gasteiger partial charge in [-0.3, -0.25) is 5.43 Å². The van der Waals surface area contributed by atoms with Crippen molar-refractivity contribution in [2.24, 2.45) is 5.10 Å². The molecule has 0 unspecified atom stereocenters. The summed E-state index contributed by atoms with van der Waals surface area (Å²) < 4.78 is 5.55. The summed E-state index contributed by atoms with van der Waals surface area (Å²) in [5.74, 6) is 0.431. The van der Waals surface area contributed by atoms with Gasteiger partial charge >= 0.3 is 0 Å². The highest BCUT2D eigenvalue weighted by molar-refractivity contribution is 9.10. The van der Waals surface area contributed by atoms with Crippen molar-refractivity contribution < 1.29 is 9.84 Å². The van der Waals surface area contributed by atoms with Crippen LogP contribution in [-0.2, 0) is 0 Å². The molecule has 1 aromatic rings. The van der Waals surface area contributed by atoms with Crippen molar-refractivity contribution in [1.29, 1.82) is 0 Å². The molecule has 0 amide bonds. The number of thiocarbonyl (C=S) groups is 1. The summed E-state index contributed by atoms with van der Waals surface area (Å²) in [6, 6.07) is 3.37. The Labute approximate surface area is 113 Å². The first-order valence-corrected chi connectivity index (χ1v) is 5.86. The zero-order valence-corrected chi connectivity index (χ0v) is 11.7. The minimum Gasteiger partial charge on any atom is -0.503 e. The smallest absolute Gasteiger partial charge is 0.186 e. The van der Waals surface area contributed by atoms with Gasteiger partial charge in [0.25, 0.3) is 0 Å². The summed E-state index contributed by atoms with van der Waals surface area (Å²) in [7, 11) is 3.18. The van der Waals surface area contributed by atoms with Gasteiger partial charge in [-0.15, -0.1) is 0 Å². The number of benzene rings is 1. The molecular weight excluding hydrogens is 306 g/mol. The second-order valence-corrected chi connectivity index (χ2v) is 4.27. The zero-order chi connectivity index (χ0) is 12.8. The molecule has 1 aromatic carbocycles. The Morgan fingerprint density at radius 1 is 1.59 bits per heavy atom. The molecule has 0 saturated heterocycles. The number of halogens is 1. The third-order valence-electron chi connectivity index (χ3n) is 1.88. The number of hydrogen-bond acceptors (Lipinski definition) is 4. The molecule has 1 rings (SSSR count). The molecular formula is C10H12BrN3O2S. The van der Waals surface area contributed by atoms with Gasteiger partial charge in [-0.1, -0.05) is 0 Å². The number of rotatable bonds is 3. The van der Waals surface area contributed by atoms with Crippen molar-refractivity contribution in [3.8, 4) is 11.5 Å². The molecule has 0 aromatic heterocycles. The Morgan fingerprint density at radius 2 is 2.29 bits per heavy atom. The monoisotopic (exact) mass is 317 g/mol. The highest BCUT2D eigenvalue weighted by Crippen LogP contribution is 2.34. The molecule has 5 nitrogen and oxygen atoms in total. The summed E-state index contributed by atoms with van der Waals surface area (Å²) in [6.07, 6.45) is 1.57. The van der Waals surface area contributed by atoms with Crippen molar-refractivity contribution in [1.82, 2.24) is 10.7 Å². The number of nitrogens with one attached hydrogen (secondary N) is 2. The van der Waals surface area contributed by atoms with Gasteiger partial charge in [0.2, 0.25) is 0 Å². The van der Waals surface area contributed by atoms with Crippen molar-refractivity contribution in [2.75, 3.05) is 14.2 Å². The maximum atomic E-state index is 9.61. The Kier molecular flexibility index (Phi) is 5.17. The molecule has 0 heterocycles. The lowest BCUT2D eigenvalue weighted by Crippen LogP contribution is -2.28. The molecule has 0 radical (unpaired) electrons. The molecule has 0 aliphatic rings. The number of aromatic hydroxyl groups is 1. The van der Waals surface area contributed by atoms with E-state index >= 15 is 0 Å². The number of ether oxygens (including phenoxy) is 1. The average molecular weight is 318 g/mol. The minimum absolute atomic E-state index is 0.0587. The molecule has 0 aliphatic carbocycles. The fourth-order valence-electron chi connectivity index (χ4n) is 1.05. The topological polar surface area (TPSA) is 65.9 Å². The number of nitrogens with zero attached hydrogens (tertiary/aromatic N) is 1. The van der Waals surface area contributed by atoms with Crippen LogP contribution in [0.2, 0.25) is 0 Å². The molecule has 7 heteroatoms. The quantitative estimate of drug-likeness (QED) is 0.449. The number of methoxy groups -OCH3 is 1. The van der Waals surface area contributed by atoms with Crippen LogP contribution in [0.5, 0.6) is 11.5 Å². The third-order valence-corrected chi connectivity index (χ3v) is 2.78. The Bertz CT molecular complexity index is 451. The average Bonchev–Trinajstić information content (AvgIpc) is 2.33. The number of phenolic OH excluding ortho intramolecular Hbond substituents is 1. The van der Waals surface area contributed by atoms with Crippen LogP contribution in [0, 0.1) is 0 Å². The summed E-state index contributed by atoms with van der Waals surface area (Å²) in [5.41, 5.74) is 3.39. The van der Waals surface area contributed by atoms with E-state index in [9.17, 15) is 5.11 Å². The van der Waals surface area contributed by atoms with Crippen LogP contribution in [0.15, 0.2) is 21.7 Å². The lowest BCUT2D eigenvalue weighted by atomic mass is 10.2. The van der Waals surface area contributed by atoms with Crippen LogP contribution in [0.1, 0.15) is 5.56 Å². The first-order chi connectivity index (χ1) is 8.08. The lowest BCUT2D eigenvalue weighted by Gasteiger charge is -2.06. The Balaban J connectivity index is 2.85. The Morgan fingerprint density at radius 3 is 2.88 bits per heavy atom. The summed E-state index contributed by atoms with van der Waals surface area (Å²) in [4.78, 5) is 0. The van der Waals surface area contributed by atoms with E-state index in [2.05, 4.69) is 31.8 Å². The maximum Gasteiger partial charge on any atom is 0.186 e. The van der Waals surface area contributed by atoms with Crippen LogP contribution in [0.4, 0.5) is 0 Å². The van der Waals surface area contributed by atoms with Crippen molar-refractivity contribution in [3.63, 3.8) is 0 Å². The molecule has 0 saturated carbocycles. The van der Waals surface area contributed by atoms with E-state index in [-0.39, 0.29) is 5.75 Å². The van der Waals surface area contributed by atoms with E-state index in [1.54, 1.807) is 25.4 Å². The van der Waals surface area contributed by atoms with Crippen LogP contribution in [0.3, 0.4) is 0 Å². The van der Waals surface area contributed by atoms with Gasteiger partial charge in [0.05, 0.1) is 17.8 Å². The lowest BCUT2D eigenvalue weighted by molar-refractivity contribution is 0.372. The van der Waals surface area contributed by atoms with Crippen molar-refractivity contribution in [3.05, 3.63) is 22.2 Å². The molecule has 0 atom stereocenters. The fraction of sp³-hybridized carbons (Fsp3) is 0.200. The second kappa shape index (κ2) is 6.41. The van der Waals surface area contributed by atoms with E-state index in [0.717, 1.165) is 5.56 Å². The van der Waals surface area contributed by atoms with Gasteiger partial charge in [0, 0.05) is 7.05 Å². The van der Waals surface area contributed by atoms with Gasteiger partial charge in [0.15, 0.2) is 16.6 Å². The van der Waals surface area contributed by atoms with Gasteiger partial charge in [-0.2, -0.15) is 5.10 Å². The largest absolute Gasteiger partial charge is 0.503 e. The van der Waals surface area contributed by atoms with Crippen molar-refractivity contribution in [2.45, 2.75) is 0 Å². The van der Waals surface area contributed by atoms with Crippen molar-refractivity contribution >= 4 is 39.5 Å². The standard InChI is InChI=1S/C10H12BrN3O2S/c1-12-10(17)14-13-5-6-3-7(11)9(15)8(4-6)16-2/h3-5,15H,1-2H3,(H2,12,14,17)/b13-5-. The van der Waals surface area contributed by atoms with Gasteiger partial charge in [-0.05, 0) is 45.8 Å². The number of hydrogen-bond donors (Lipinski definition) is 3. The van der Waals surface area contributed by atoms with Crippen LogP contribution < -0.4 is 15.5 Å². The first kappa shape index (κ1) is 13.7. The molecule has 92 valence electrons. The maximum absolute atomic E-state index is 9.61. The van der Waals surface area contributed by atoms with E-state index in [1.807, 2.05) is 0 Å². The van der Waals surface area contributed by atoms with Gasteiger partial charge < -0.3 is 15.2 Å². The predicted octanol–water partition coefficient (Wildman–Crippen LogP) is 1.59. The second-order valence-electron chi connectivity index (χ2n) is 3.00. The third kappa shape index (κ3) is 3.86. The Hall–Kier alpha value is -1.34. The molecule has 0 bridgehead atoms. The van der Waals surface area contributed by atoms with E-state index in [0.29, 0.717) is 15.3 Å². The molecule has 17 heavy (non-hydrogen) atoms. The molecule has 0 fully saturated rings. The molecule has 0 aliphatic heterocycles. The van der Waals surface area contributed by atoms with E-state index in [1.165, 1.54) is 7.11 Å². The van der Waals surface area contributed by atoms with E-state index in [4.69, 9.17) is 17.0 Å². The SMILES string of the molecule is CNC(=S)N/N=C\c1cc(Br)c(O)c(OC)c1. The molecule has 3 N–H and O–H groups in total. The van der Waals surface area contributed by atoms with Crippen LogP contribution in [-0.4, -0.2) is 30.6 Å². The van der Waals surface area contributed by atoms with Crippen LogP contribution >= 0.6 is 28.1 Å². The fourth-order valence-corrected chi connectivity index (χ4v) is 1.56. The number of phenols is 1. The number of hydrazone groups is 1. The summed E-state index contributed by atoms with van der Waals surface area (Å²) >= 11 is 8.08. The van der Waals surface area contributed by atoms with Crippen LogP contribution in [0.25, 0.3) is 0 Å². The molecule has 0 spiro atoms. The summed E-state index contributed by atoms with van der Waals surface area (Å²) in [5, 5.41) is 16.7. The zero-order valence-electron chi connectivity index (χ0n) is 9.32. The highest BCUT2D eigenvalue weighted by atomic mass is 79.9. The minimum atomic E-state index is 0.0587. The van der Waals surface area contributed by atoms with Gasteiger partial charge in [-0.25, -0.2) is 0 Å². The highest BCUT2D eigenvalue weighted by Gasteiger charge is 2.07. The predicted molar refractivity (Wildman–Crippen MR) is 74.7 cm³/mol. The normalized spacial score (nSPS) is 10.3. The van der Waals surface area contributed by atoms with E-state index < -0.39 is 0 Å². The first-order valence-electron chi connectivity index (χ1n) is 4.65. The summed E-state index contributed by atoms with van der Waals surface area (Å²) in [6.45, 7) is 0.